The van der Waals surface area contributed by atoms with E-state index in [0.717, 1.165) is 6.42 Å². The molecule has 0 radical (unpaired) electrons. The van der Waals surface area contributed by atoms with Gasteiger partial charge in [-0.15, -0.1) is 0 Å². The number of pyridine rings is 1. The van der Waals surface area contributed by atoms with Crippen molar-refractivity contribution in [3.05, 3.63) is 59.1 Å². The number of benzene rings is 1. The van der Waals surface area contributed by atoms with Gasteiger partial charge >= 0.3 is 0 Å². The van der Waals surface area contributed by atoms with Gasteiger partial charge in [0.05, 0.1) is 17.6 Å². The van der Waals surface area contributed by atoms with Crippen LogP contribution in [0.3, 0.4) is 0 Å². The summed E-state index contributed by atoms with van der Waals surface area (Å²) in [6.45, 7) is 2.50. The lowest BCUT2D eigenvalue weighted by Gasteiger charge is -2.07. The molecule has 3 aromatic rings. The number of anilines is 1. The van der Waals surface area contributed by atoms with Crippen LogP contribution in [0.1, 0.15) is 34.5 Å². The summed E-state index contributed by atoms with van der Waals surface area (Å²) in [6, 6.07) is 10.2. The first-order chi connectivity index (χ1) is 13.0. The van der Waals surface area contributed by atoms with Crippen molar-refractivity contribution in [2.24, 2.45) is 0 Å². The largest absolute Gasteiger partial charge is 0.495 e. The van der Waals surface area contributed by atoms with Gasteiger partial charge in [0.25, 0.3) is 11.8 Å². The number of ether oxygens (including phenoxy) is 1. The zero-order valence-electron chi connectivity index (χ0n) is 15.0. The fourth-order valence-electron chi connectivity index (χ4n) is 2.62. The molecule has 0 fully saturated rings. The van der Waals surface area contributed by atoms with Gasteiger partial charge in [0.2, 0.25) is 5.82 Å². The summed E-state index contributed by atoms with van der Waals surface area (Å²) in [5.74, 6) is -0.0898. The first-order valence-electron chi connectivity index (χ1n) is 8.45. The number of halogens is 1. The molecule has 2 amide bonds. The number of carbonyl (C=O) groups is 2. The molecule has 7 nitrogen and oxygen atoms in total. The molecule has 0 aliphatic rings. The van der Waals surface area contributed by atoms with Gasteiger partial charge in [0.15, 0.2) is 5.69 Å². The van der Waals surface area contributed by atoms with Crippen molar-refractivity contribution in [1.29, 1.82) is 0 Å². The summed E-state index contributed by atoms with van der Waals surface area (Å²) < 4.78 is 6.70. The van der Waals surface area contributed by atoms with Crippen LogP contribution in [-0.4, -0.2) is 34.9 Å². The first kappa shape index (κ1) is 18.7. The Bertz CT molecular complexity index is 1000. The standard InChI is InChI=1S/C19H19ClN4O3/c1-3-9-21-19(26)17-23-16(14-6-4-5-10-24(14)17)18(25)22-12-7-8-15(27-2)13(20)11-12/h4-8,10-11H,3,9H2,1-2H3,(H,21,26)(H,22,25). The summed E-state index contributed by atoms with van der Waals surface area (Å²) in [7, 11) is 1.52. The number of amides is 2. The molecular formula is C19H19ClN4O3. The first-order valence-corrected chi connectivity index (χ1v) is 8.83. The molecule has 0 atom stereocenters. The Labute approximate surface area is 161 Å². The molecule has 1 aromatic carbocycles. The predicted octanol–water partition coefficient (Wildman–Crippen LogP) is 3.39. The smallest absolute Gasteiger partial charge is 0.287 e. The van der Waals surface area contributed by atoms with E-state index in [9.17, 15) is 9.59 Å². The highest BCUT2D eigenvalue weighted by atomic mass is 35.5. The Hall–Kier alpha value is -3.06. The van der Waals surface area contributed by atoms with Crippen LogP contribution in [0.4, 0.5) is 5.69 Å². The van der Waals surface area contributed by atoms with Crippen LogP contribution in [0.2, 0.25) is 5.02 Å². The molecule has 0 aliphatic heterocycles. The van der Waals surface area contributed by atoms with Gasteiger partial charge in [-0.3, -0.25) is 14.0 Å². The van der Waals surface area contributed by atoms with Crippen LogP contribution >= 0.6 is 11.6 Å². The average Bonchev–Trinajstić information content (AvgIpc) is 3.06. The Morgan fingerprint density at radius 3 is 2.74 bits per heavy atom. The van der Waals surface area contributed by atoms with E-state index in [1.807, 2.05) is 6.92 Å². The van der Waals surface area contributed by atoms with Gasteiger partial charge in [-0.05, 0) is 36.8 Å². The van der Waals surface area contributed by atoms with Crippen molar-refractivity contribution in [1.82, 2.24) is 14.7 Å². The van der Waals surface area contributed by atoms with Gasteiger partial charge in [0.1, 0.15) is 5.75 Å². The quantitative estimate of drug-likeness (QED) is 0.680. The van der Waals surface area contributed by atoms with Gasteiger partial charge in [-0.1, -0.05) is 24.6 Å². The summed E-state index contributed by atoms with van der Waals surface area (Å²) in [5, 5.41) is 5.91. The number of hydrogen-bond donors (Lipinski definition) is 2. The third-order valence-electron chi connectivity index (χ3n) is 3.91. The molecule has 0 saturated heterocycles. The van der Waals surface area contributed by atoms with E-state index in [2.05, 4.69) is 15.6 Å². The highest BCUT2D eigenvalue weighted by molar-refractivity contribution is 6.32. The normalized spacial score (nSPS) is 10.6. The molecule has 27 heavy (non-hydrogen) atoms. The molecule has 0 saturated carbocycles. The van der Waals surface area contributed by atoms with Crippen molar-refractivity contribution >= 4 is 34.6 Å². The van der Waals surface area contributed by atoms with Crippen LogP contribution < -0.4 is 15.4 Å². The topological polar surface area (TPSA) is 84.7 Å². The Balaban J connectivity index is 1.93. The number of imidazole rings is 1. The summed E-state index contributed by atoms with van der Waals surface area (Å²) in [4.78, 5) is 29.4. The van der Waals surface area contributed by atoms with Gasteiger partial charge < -0.3 is 15.4 Å². The number of aromatic nitrogens is 2. The summed E-state index contributed by atoms with van der Waals surface area (Å²) in [5.41, 5.74) is 1.19. The molecule has 8 heteroatoms. The maximum Gasteiger partial charge on any atom is 0.287 e. The van der Waals surface area contributed by atoms with E-state index in [1.165, 1.54) is 7.11 Å². The minimum atomic E-state index is -0.436. The fraction of sp³-hybridized carbons (Fsp3) is 0.211. The molecule has 2 N–H and O–H groups in total. The fourth-order valence-corrected chi connectivity index (χ4v) is 2.87. The molecule has 2 aromatic heterocycles. The lowest BCUT2D eigenvalue weighted by atomic mass is 10.2. The van der Waals surface area contributed by atoms with Gasteiger partial charge in [0, 0.05) is 18.4 Å². The van der Waals surface area contributed by atoms with E-state index in [1.54, 1.807) is 47.0 Å². The van der Waals surface area contributed by atoms with E-state index < -0.39 is 5.91 Å². The zero-order chi connectivity index (χ0) is 19.4. The predicted molar refractivity (Wildman–Crippen MR) is 104 cm³/mol. The highest BCUT2D eigenvalue weighted by Crippen LogP contribution is 2.27. The van der Waals surface area contributed by atoms with Crippen molar-refractivity contribution in [3.63, 3.8) is 0 Å². The third-order valence-corrected chi connectivity index (χ3v) is 4.21. The average molecular weight is 387 g/mol. The second-order valence-electron chi connectivity index (χ2n) is 5.80. The van der Waals surface area contributed by atoms with Crippen LogP contribution in [0, 0.1) is 0 Å². The molecule has 0 unspecified atom stereocenters. The number of methoxy groups -OCH3 is 1. The minimum Gasteiger partial charge on any atom is -0.495 e. The Morgan fingerprint density at radius 1 is 1.22 bits per heavy atom. The van der Waals surface area contributed by atoms with Crippen molar-refractivity contribution in [2.45, 2.75) is 13.3 Å². The third kappa shape index (κ3) is 3.88. The van der Waals surface area contributed by atoms with Crippen LogP contribution in [0.5, 0.6) is 5.75 Å². The van der Waals surface area contributed by atoms with E-state index >= 15 is 0 Å². The number of nitrogens with zero attached hydrogens (tertiary/aromatic N) is 2. The number of nitrogens with one attached hydrogen (secondary N) is 2. The second-order valence-corrected chi connectivity index (χ2v) is 6.21. The summed E-state index contributed by atoms with van der Waals surface area (Å²) >= 11 is 6.10. The van der Waals surface area contributed by atoms with Crippen LogP contribution in [0.25, 0.3) is 5.52 Å². The van der Waals surface area contributed by atoms with Crippen LogP contribution in [0.15, 0.2) is 42.6 Å². The number of hydrogen-bond acceptors (Lipinski definition) is 4. The highest BCUT2D eigenvalue weighted by Gasteiger charge is 2.21. The molecule has 3 rings (SSSR count). The minimum absolute atomic E-state index is 0.157. The number of carbonyl (C=O) groups excluding carboxylic acids is 2. The van der Waals surface area contributed by atoms with Crippen molar-refractivity contribution in [3.8, 4) is 5.75 Å². The SMILES string of the molecule is CCCNC(=O)c1nc(C(=O)Nc2ccc(OC)c(Cl)c2)c2ccccn12. The number of rotatable bonds is 6. The van der Waals surface area contributed by atoms with Gasteiger partial charge in [-0.2, -0.15) is 0 Å². The summed E-state index contributed by atoms with van der Waals surface area (Å²) in [6.07, 6.45) is 2.50. The van der Waals surface area contributed by atoms with Crippen LogP contribution in [-0.2, 0) is 0 Å². The molecule has 0 bridgehead atoms. The molecule has 2 heterocycles. The maximum atomic E-state index is 12.8. The number of fused-ring (bicyclic) bond motifs is 1. The molecule has 0 spiro atoms. The molecule has 0 aliphatic carbocycles. The lowest BCUT2D eigenvalue weighted by Crippen LogP contribution is -2.26. The van der Waals surface area contributed by atoms with E-state index in [-0.39, 0.29) is 17.4 Å². The van der Waals surface area contributed by atoms with Crippen molar-refractivity contribution < 1.29 is 14.3 Å². The maximum absolute atomic E-state index is 12.8. The van der Waals surface area contributed by atoms with E-state index in [4.69, 9.17) is 16.3 Å². The van der Waals surface area contributed by atoms with Gasteiger partial charge in [-0.25, -0.2) is 4.98 Å². The lowest BCUT2D eigenvalue weighted by molar-refractivity contribution is 0.0942. The van der Waals surface area contributed by atoms with Crippen molar-refractivity contribution in [2.75, 3.05) is 19.0 Å². The Morgan fingerprint density at radius 2 is 2.04 bits per heavy atom. The second kappa shape index (κ2) is 8.09. The Kier molecular flexibility index (Phi) is 5.61. The zero-order valence-corrected chi connectivity index (χ0v) is 15.7. The monoisotopic (exact) mass is 386 g/mol. The molecule has 140 valence electrons. The molecular weight excluding hydrogens is 368 g/mol. The van der Waals surface area contributed by atoms with E-state index in [0.29, 0.717) is 28.5 Å².